The number of urea groups is 1. The number of nitrogens with one attached hydrogen (secondary N) is 3. The van der Waals surface area contributed by atoms with E-state index in [0.29, 0.717) is 45.3 Å². The molecule has 0 bridgehead atoms. The second-order valence-corrected chi connectivity index (χ2v) is 13.3. The fourth-order valence-electron chi connectivity index (χ4n) is 6.29. The fourth-order valence-corrected chi connectivity index (χ4v) is 8.23. The molecule has 0 aromatic heterocycles. The minimum atomic E-state index is -3.83. The van der Waals surface area contributed by atoms with E-state index < -0.39 is 57.7 Å². The van der Waals surface area contributed by atoms with Gasteiger partial charge in [0.2, 0.25) is 15.9 Å². The maximum Gasteiger partial charge on any atom is 0.327 e. The predicted molar refractivity (Wildman–Crippen MR) is 129 cm³/mol. The van der Waals surface area contributed by atoms with Gasteiger partial charge in [-0.2, -0.15) is 0 Å². The molecule has 0 aromatic rings. The van der Waals surface area contributed by atoms with Gasteiger partial charge in [0.05, 0.1) is 22.7 Å². The van der Waals surface area contributed by atoms with Crippen LogP contribution in [0, 0.1) is 11.8 Å². The number of imide groups is 1. The van der Waals surface area contributed by atoms with E-state index in [0.717, 1.165) is 6.42 Å². The average molecular weight is 533 g/mol. The Kier molecular flexibility index (Phi) is 7.31. The van der Waals surface area contributed by atoms with Crippen molar-refractivity contribution >= 4 is 22.0 Å². The number of hydrogen-bond acceptors (Lipinski definition) is 7. The molecule has 0 aromatic carbocycles. The summed E-state index contributed by atoms with van der Waals surface area (Å²) in [5.74, 6) is -0.991. The quantitative estimate of drug-likeness (QED) is 0.414. The minimum absolute atomic E-state index is 0.0482. The Morgan fingerprint density at radius 1 is 1.17 bits per heavy atom. The molecule has 36 heavy (non-hydrogen) atoms. The van der Waals surface area contributed by atoms with Gasteiger partial charge < -0.3 is 10.2 Å². The van der Waals surface area contributed by atoms with Crippen LogP contribution in [0.15, 0.2) is 0 Å². The van der Waals surface area contributed by atoms with Gasteiger partial charge in [-0.3, -0.25) is 15.1 Å². The summed E-state index contributed by atoms with van der Waals surface area (Å²) >= 11 is 0. The SMILES string of the molecule is CN1CC(CN2C(=O)C3CC(S(=O)(=O)NC4(CF)CC4)CCC3N(CC3NCCCC3F)C2=O)CN1. The summed E-state index contributed by atoms with van der Waals surface area (Å²) in [6, 6.07) is -1.40. The summed E-state index contributed by atoms with van der Waals surface area (Å²) in [5, 5.41) is 4.26. The molecule has 5 fully saturated rings. The van der Waals surface area contributed by atoms with Crippen molar-refractivity contribution < 1.29 is 26.8 Å². The largest absolute Gasteiger partial charge is 0.327 e. The smallest absolute Gasteiger partial charge is 0.319 e. The first kappa shape index (κ1) is 26.2. The summed E-state index contributed by atoms with van der Waals surface area (Å²) in [4.78, 5) is 30.2. The number of nitrogens with zero attached hydrogens (tertiary/aromatic N) is 3. The lowest BCUT2D eigenvalue weighted by atomic mass is 9.80. The molecule has 2 aliphatic carbocycles. The number of sulfonamides is 1. The maximum atomic E-state index is 14.7. The highest BCUT2D eigenvalue weighted by atomic mass is 32.2. The normalized spacial score (nSPS) is 37.3. The van der Waals surface area contributed by atoms with Crippen LogP contribution >= 0.6 is 0 Å². The highest BCUT2D eigenvalue weighted by molar-refractivity contribution is 7.90. The molecule has 0 radical (unpaired) electrons. The zero-order chi connectivity index (χ0) is 25.7. The van der Waals surface area contributed by atoms with Gasteiger partial charge in [-0.05, 0) is 51.5 Å². The number of hydrogen-bond donors (Lipinski definition) is 3. The third-order valence-electron chi connectivity index (χ3n) is 8.65. The molecule has 5 rings (SSSR count). The molecule has 2 saturated carbocycles. The zero-order valence-corrected chi connectivity index (χ0v) is 21.6. The van der Waals surface area contributed by atoms with Crippen molar-refractivity contribution in [2.24, 2.45) is 11.8 Å². The topological polar surface area (TPSA) is 114 Å². The molecule has 3 heterocycles. The number of halogens is 2. The Labute approximate surface area is 211 Å². The van der Waals surface area contributed by atoms with Gasteiger partial charge in [0.25, 0.3) is 0 Å². The summed E-state index contributed by atoms with van der Waals surface area (Å²) in [6.07, 6.45) is 1.70. The molecule has 3 N–H and O–H groups in total. The van der Waals surface area contributed by atoms with Crippen molar-refractivity contribution in [1.29, 1.82) is 0 Å². The van der Waals surface area contributed by atoms with E-state index in [4.69, 9.17) is 0 Å². The first-order valence-corrected chi connectivity index (χ1v) is 14.7. The monoisotopic (exact) mass is 532 g/mol. The molecule has 3 aliphatic heterocycles. The Balaban J connectivity index is 1.37. The maximum absolute atomic E-state index is 14.7. The number of alkyl halides is 2. The molecule has 10 nitrogen and oxygen atoms in total. The number of fused-ring (bicyclic) bond motifs is 1. The van der Waals surface area contributed by atoms with Gasteiger partial charge in [0, 0.05) is 45.2 Å². The van der Waals surface area contributed by atoms with Gasteiger partial charge in [-0.25, -0.2) is 31.7 Å². The standard InChI is InChI=1S/C23H38F2N6O4S/c1-29-11-15(10-27-29)12-31-21(32)17-9-16(36(34,35)28-23(14-24)6-7-23)4-5-20(17)30(22(31)33)13-19-18(25)3-2-8-26-19/h15-20,26-28H,2-14H2,1H3. The van der Waals surface area contributed by atoms with E-state index >= 15 is 0 Å². The van der Waals surface area contributed by atoms with Crippen LogP contribution in [0.1, 0.15) is 44.9 Å². The molecule has 6 atom stereocenters. The molecule has 13 heteroatoms. The second-order valence-electron chi connectivity index (χ2n) is 11.4. The van der Waals surface area contributed by atoms with Crippen molar-refractivity contribution in [1.82, 2.24) is 30.3 Å². The third-order valence-corrected chi connectivity index (χ3v) is 10.7. The van der Waals surface area contributed by atoms with Crippen molar-refractivity contribution in [2.75, 3.05) is 46.4 Å². The zero-order valence-electron chi connectivity index (χ0n) is 20.8. The third kappa shape index (κ3) is 5.13. The van der Waals surface area contributed by atoms with Gasteiger partial charge in [0.1, 0.15) is 12.8 Å². The molecule has 3 saturated heterocycles. The van der Waals surface area contributed by atoms with Crippen molar-refractivity contribution in [3.63, 3.8) is 0 Å². The molecular weight excluding hydrogens is 494 g/mol. The number of carbonyl (C=O) groups excluding carboxylic acids is 2. The van der Waals surface area contributed by atoms with Crippen LogP contribution in [0.25, 0.3) is 0 Å². The van der Waals surface area contributed by atoms with Gasteiger partial charge >= 0.3 is 6.03 Å². The Bertz CT molecular complexity index is 966. The molecular formula is C23H38F2N6O4S. The van der Waals surface area contributed by atoms with Gasteiger partial charge in [-0.15, -0.1) is 0 Å². The minimum Gasteiger partial charge on any atom is -0.319 e. The molecule has 3 amide bonds. The molecule has 0 spiro atoms. The van der Waals surface area contributed by atoms with E-state index in [9.17, 15) is 26.8 Å². The Morgan fingerprint density at radius 3 is 2.58 bits per heavy atom. The van der Waals surface area contributed by atoms with Crippen LogP contribution in [0.3, 0.4) is 0 Å². The Hall–Kier alpha value is -1.41. The summed E-state index contributed by atoms with van der Waals surface area (Å²) < 4.78 is 56.9. The van der Waals surface area contributed by atoms with Gasteiger partial charge in [0.15, 0.2) is 0 Å². The number of piperidine rings is 1. The molecule has 6 unspecified atom stereocenters. The van der Waals surface area contributed by atoms with Crippen LogP contribution in [0.5, 0.6) is 0 Å². The Morgan fingerprint density at radius 2 is 1.94 bits per heavy atom. The fraction of sp³-hybridized carbons (Fsp3) is 0.913. The van der Waals surface area contributed by atoms with Crippen LogP contribution in [0.4, 0.5) is 13.6 Å². The van der Waals surface area contributed by atoms with Crippen LogP contribution in [-0.2, 0) is 14.8 Å². The van der Waals surface area contributed by atoms with Crippen molar-refractivity contribution in [3.8, 4) is 0 Å². The van der Waals surface area contributed by atoms with Crippen LogP contribution in [-0.4, -0.2) is 111 Å². The first-order valence-electron chi connectivity index (χ1n) is 13.2. The lowest BCUT2D eigenvalue weighted by molar-refractivity contribution is -0.141. The number of rotatable bonds is 8. The summed E-state index contributed by atoms with van der Waals surface area (Å²) in [7, 11) is -1.94. The highest BCUT2D eigenvalue weighted by Crippen LogP contribution is 2.41. The van der Waals surface area contributed by atoms with E-state index in [2.05, 4.69) is 15.5 Å². The molecule has 5 aliphatic rings. The predicted octanol–water partition coefficient (Wildman–Crippen LogP) is 0.366. The average Bonchev–Trinajstić information content (AvgIpc) is 3.50. The molecule has 204 valence electrons. The van der Waals surface area contributed by atoms with Crippen LogP contribution in [0.2, 0.25) is 0 Å². The van der Waals surface area contributed by atoms with E-state index in [1.807, 2.05) is 12.1 Å². The van der Waals surface area contributed by atoms with E-state index in [-0.39, 0.29) is 37.8 Å². The number of hydrazine groups is 1. The van der Waals surface area contributed by atoms with E-state index in [1.54, 1.807) is 4.90 Å². The second kappa shape index (κ2) is 10.0. The highest BCUT2D eigenvalue weighted by Gasteiger charge is 2.54. The first-order chi connectivity index (χ1) is 17.1. The number of amides is 3. The lowest BCUT2D eigenvalue weighted by Gasteiger charge is -2.49. The summed E-state index contributed by atoms with van der Waals surface area (Å²) in [5.41, 5.74) is 2.19. The summed E-state index contributed by atoms with van der Waals surface area (Å²) in [6.45, 7) is 1.61. The van der Waals surface area contributed by atoms with Crippen LogP contribution < -0.4 is 15.5 Å². The lowest BCUT2D eigenvalue weighted by Crippen LogP contribution is -2.67. The van der Waals surface area contributed by atoms with Gasteiger partial charge in [-0.1, -0.05) is 0 Å². The van der Waals surface area contributed by atoms with Crippen molar-refractivity contribution in [3.05, 3.63) is 0 Å². The number of carbonyl (C=O) groups is 2. The van der Waals surface area contributed by atoms with E-state index in [1.165, 1.54) is 4.90 Å². The van der Waals surface area contributed by atoms with Crippen molar-refractivity contribution in [2.45, 2.75) is 74.0 Å².